The second kappa shape index (κ2) is 9.91. The van der Waals surface area contributed by atoms with Gasteiger partial charge in [0, 0.05) is 18.3 Å². The second-order valence-electron chi connectivity index (χ2n) is 8.27. The van der Waals surface area contributed by atoms with Crippen LogP contribution in [0.5, 0.6) is 5.75 Å². The van der Waals surface area contributed by atoms with E-state index < -0.39 is 0 Å². The highest BCUT2D eigenvalue weighted by Crippen LogP contribution is 2.32. The molecule has 6 heteroatoms. The topological polar surface area (TPSA) is 58.6 Å². The fraction of sp³-hybridized carbons (Fsp3) is 0.214. The molecule has 1 N–H and O–H groups in total. The molecule has 5 nitrogen and oxygen atoms in total. The number of hydrogen-bond donors (Lipinski definition) is 1. The van der Waals surface area contributed by atoms with E-state index in [2.05, 4.69) is 5.32 Å². The third kappa shape index (κ3) is 4.86. The Morgan fingerprint density at radius 2 is 1.68 bits per heavy atom. The lowest BCUT2D eigenvalue weighted by Crippen LogP contribution is -2.34. The number of carbonyl (C=O) groups is 2. The Balaban J connectivity index is 1.67. The van der Waals surface area contributed by atoms with Crippen LogP contribution < -0.4 is 10.1 Å². The molecule has 0 fully saturated rings. The molecule has 3 aromatic rings. The summed E-state index contributed by atoms with van der Waals surface area (Å²) in [4.78, 5) is 28.2. The number of nitrogens with zero attached hydrogens (tertiary/aromatic N) is 1. The summed E-state index contributed by atoms with van der Waals surface area (Å²) in [6.07, 6.45) is 0.436. The maximum absolute atomic E-state index is 13.5. The predicted octanol–water partition coefficient (Wildman–Crippen LogP) is 5.28. The third-order valence-corrected chi connectivity index (χ3v) is 5.92. The summed E-state index contributed by atoms with van der Waals surface area (Å²) in [5.41, 5.74) is 4.91. The number of ether oxygens (including phenoxy) is 1. The van der Waals surface area contributed by atoms with Gasteiger partial charge in [-0.2, -0.15) is 0 Å². The smallest absolute Gasteiger partial charge is 0.278 e. The molecular weight excluding hydrogens is 431 g/mol. The lowest BCUT2D eigenvalue weighted by Gasteiger charge is -2.15. The van der Waals surface area contributed by atoms with Gasteiger partial charge in [-0.1, -0.05) is 36.4 Å². The van der Waals surface area contributed by atoms with Gasteiger partial charge in [-0.3, -0.25) is 14.5 Å². The molecule has 0 saturated carbocycles. The first kappa shape index (κ1) is 23.2. The monoisotopic (exact) mass is 458 g/mol. The molecule has 1 heterocycles. The summed E-state index contributed by atoms with van der Waals surface area (Å²) in [5, 5.41) is 3.18. The Kier molecular flexibility index (Phi) is 6.77. The number of nitrogens with one attached hydrogen (secondary N) is 1. The van der Waals surface area contributed by atoms with E-state index in [0.29, 0.717) is 35.6 Å². The molecule has 1 aliphatic heterocycles. The van der Waals surface area contributed by atoms with Crippen LogP contribution in [0.4, 0.5) is 10.1 Å². The Hall–Kier alpha value is -3.93. The Bertz CT molecular complexity index is 1260. The van der Waals surface area contributed by atoms with E-state index in [1.807, 2.05) is 57.2 Å². The van der Waals surface area contributed by atoms with E-state index in [1.54, 1.807) is 18.2 Å². The Morgan fingerprint density at radius 3 is 2.38 bits per heavy atom. The van der Waals surface area contributed by atoms with Crippen molar-refractivity contribution in [1.82, 2.24) is 4.90 Å². The molecule has 3 aromatic carbocycles. The van der Waals surface area contributed by atoms with Crippen LogP contribution in [0.3, 0.4) is 0 Å². The molecule has 0 radical (unpaired) electrons. The first-order chi connectivity index (χ1) is 16.4. The lowest BCUT2D eigenvalue weighted by atomic mass is 9.99. The van der Waals surface area contributed by atoms with Crippen molar-refractivity contribution in [2.75, 3.05) is 18.5 Å². The molecule has 174 valence electrons. The number of amides is 2. The van der Waals surface area contributed by atoms with Gasteiger partial charge in [-0.05, 0) is 73.7 Å². The number of hydrogen-bond acceptors (Lipinski definition) is 4. The number of carbonyl (C=O) groups excluding carboxylic acids is 2. The van der Waals surface area contributed by atoms with E-state index in [9.17, 15) is 14.0 Å². The zero-order chi connectivity index (χ0) is 24.2. The van der Waals surface area contributed by atoms with E-state index in [4.69, 9.17) is 4.74 Å². The molecule has 0 aromatic heterocycles. The van der Waals surface area contributed by atoms with E-state index >= 15 is 0 Å². The number of anilines is 1. The second-order valence-corrected chi connectivity index (χ2v) is 8.27. The van der Waals surface area contributed by atoms with Crippen molar-refractivity contribution in [2.45, 2.75) is 27.2 Å². The first-order valence-corrected chi connectivity index (χ1v) is 11.3. The zero-order valence-electron chi connectivity index (χ0n) is 19.5. The summed E-state index contributed by atoms with van der Waals surface area (Å²) in [6, 6.07) is 19.1. The van der Waals surface area contributed by atoms with E-state index in [1.165, 1.54) is 17.0 Å². The van der Waals surface area contributed by atoms with Crippen LogP contribution in [0.25, 0.3) is 5.57 Å². The van der Waals surface area contributed by atoms with Crippen LogP contribution in [-0.4, -0.2) is 29.9 Å². The first-order valence-electron chi connectivity index (χ1n) is 11.3. The van der Waals surface area contributed by atoms with Crippen molar-refractivity contribution < 1.29 is 18.7 Å². The van der Waals surface area contributed by atoms with Gasteiger partial charge in [-0.25, -0.2) is 4.39 Å². The average molecular weight is 459 g/mol. The number of imide groups is 1. The van der Waals surface area contributed by atoms with Gasteiger partial charge in [0.15, 0.2) is 0 Å². The van der Waals surface area contributed by atoms with Crippen molar-refractivity contribution in [3.63, 3.8) is 0 Å². The van der Waals surface area contributed by atoms with Crippen LogP contribution in [0.2, 0.25) is 0 Å². The summed E-state index contributed by atoms with van der Waals surface area (Å²) in [7, 11) is 0. The highest BCUT2D eigenvalue weighted by Gasteiger charge is 2.39. The van der Waals surface area contributed by atoms with Crippen molar-refractivity contribution >= 4 is 23.1 Å². The van der Waals surface area contributed by atoms with Crippen LogP contribution in [0.1, 0.15) is 29.2 Å². The van der Waals surface area contributed by atoms with Gasteiger partial charge >= 0.3 is 0 Å². The molecule has 0 atom stereocenters. The molecule has 1 aliphatic rings. The maximum Gasteiger partial charge on any atom is 0.278 e. The number of halogens is 1. The summed E-state index contributed by atoms with van der Waals surface area (Å²) < 4.78 is 18.8. The third-order valence-electron chi connectivity index (χ3n) is 5.92. The van der Waals surface area contributed by atoms with Crippen molar-refractivity contribution in [3.05, 3.63) is 100 Å². The molecule has 4 rings (SSSR count). The van der Waals surface area contributed by atoms with Gasteiger partial charge in [0.2, 0.25) is 0 Å². The molecule has 0 unspecified atom stereocenters. The molecule has 34 heavy (non-hydrogen) atoms. The minimum Gasteiger partial charge on any atom is -0.494 e. The van der Waals surface area contributed by atoms with E-state index in [0.717, 1.165) is 16.7 Å². The minimum atomic E-state index is -0.387. The summed E-state index contributed by atoms with van der Waals surface area (Å²) >= 11 is 0. The maximum atomic E-state index is 13.5. The lowest BCUT2D eigenvalue weighted by molar-refractivity contribution is -0.136. The Labute approximate surface area is 198 Å². The summed E-state index contributed by atoms with van der Waals surface area (Å²) in [6.45, 7) is 6.60. The SMILES string of the molecule is CCOc1cccc(NC2=C(c3ccc(C)c(C)c3)C(=O)N(CCc3ccc(F)cc3)C2=O)c1. The number of benzene rings is 3. The van der Waals surface area contributed by atoms with Crippen molar-refractivity contribution in [2.24, 2.45) is 0 Å². The molecule has 0 spiro atoms. The van der Waals surface area contributed by atoms with Crippen LogP contribution in [-0.2, 0) is 16.0 Å². The van der Waals surface area contributed by atoms with Gasteiger partial charge in [0.1, 0.15) is 17.3 Å². The van der Waals surface area contributed by atoms with Gasteiger partial charge in [0.05, 0.1) is 12.2 Å². The highest BCUT2D eigenvalue weighted by molar-refractivity contribution is 6.36. The van der Waals surface area contributed by atoms with Gasteiger partial charge < -0.3 is 10.1 Å². The van der Waals surface area contributed by atoms with Gasteiger partial charge in [-0.15, -0.1) is 0 Å². The fourth-order valence-corrected chi connectivity index (χ4v) is 3.93. The highest BCUT2D eigenvalue weighted by atomic mass is 19.1. The fourth-order valence-electron chi connectivity index (χ4n) is 3.93. The molecule has 0 bridgehead atoms. The molecule has 0 aliphatic carbocycles. The van der Waals surface area contributed by atoms with Crippen molar-refractivity contribution in [1.29, 1.82) is 0 Å². The zero-order valence-corrected chi connectivity index (χ0v) is 19.5. The molecule has 0 saturated heterocycles. The normalized spacial score (nSPS) is 13.6. The summed E-state index contributed by atoms with van der Waals surface area (Å²) in [5.74, 6) is -0.386. The Morgan fingerprint density at radius 1 is 0.912 bits per heavy atom. The largest absolute Gasteiger partial charge is 0.494 e. The van der Waals surface area contributed by atoms with Gasteiger partial charge in [0.25, 0.3) is 11.8 Å². The van der Waals surface area contributed by atoms with Crippen molar-refractivity contribution in [3.8, 4) is 5.75 Å². The predicted molar refractivity (Wildman–Crippen MR) is 131 cm³/mol. The van der Waals surface area contributed by atoms with E-state index in [-0.39, 0.29) is 29.9 Å². The van der Waals surface area contributed by atoms with Crippen LogP contribution in [0.15, 0.2) is 72.4 Å². The quantitative estimate of drug-likeness (QED) is 0.467. The molecular formula is C28H27FN2O3. The van der Waals surface area contributed by atoms with Crippen LogP contribution in [0, 0.1) is 19.7 Å². The standard InChI is InChI=1S/C28H27FN2O3/c1-4-34-24-7-5-6-23(17-24)30-26-25(21-11-8-18(2)19(3)16-21)27(32)31(28(26)33)15-14-20-9-12-22(29)13-10-20/h5-13,16-17,30H,4,14-15H2,1-3H3. The molecule has 2 amide bonds. The van der Waals surface area contributed by atoms with Crippen LogP contribution >= 0.6 is 0 Å². The number of aryl methyl sites for hydroxylation is 2. The minimum absolute atomic E-state index is 0.196. The number of rotatable bonds is 8. The average Bonchev–Trinajstić information content (AvgIpc) is 3.05.